The molecular weight excluding hydrogens is 456 g/mol. The van der Waals surface area contributed by atoms with Crippen molar-refractivity contribution in [2.45, 2.75) is 78.0 Å². The Bertz CT molecular complexity index is 1020. The molecule has 2 unspecified atom stereocenters. The van der Waals surface area contributed by atoms with E-state index in [4.69, 9.17) is 21.1 Å². The van der Waals surface area contributed by atoms with Crippen molar-refractivity contribution in [2.24, 2.45) is 0 Å². The van der Waals surface area contributed by atoms with Gasteiger partial charge >= 0.3 is 5.97 Å². The molecule has 1 aromatic carbocycles. The lowest BCUT2D eigenvalue weighted by Gasteiger charge is -2.36. The number of benzene rings is 1. The van der Waals surface area contributed by atoms with E-state index in [1.165, 1.54) is 12.7 Å². The van der Waals surface area contributed by atoms with E-state index in [2.05, 4.69) is 9.72 Å². The molecular formula is C26H37ClN2O5. The van der Waals surface area contributed by atoms with E-state index in [0.29, 0.717) is 24.5 Å². The van der Waals surface area contributed by atoms with Gasteiger partial charge in [-0.25, -0.2) is 4.98 Å². The third kappa shape index (κ3) is 6.39. The molecule has 8 heteroatoms. The first kappa shape index (κ1) is 27.9. The number of pyridine rings is 1. The number of carbonyl (C=O) groups is 2. The van der Waals surface area contributed by atoms with Gasteiger partial charge in [-0.1, -0.05) is 25.4 Å². The first-order chi connectivity index (χ1) is 16.0. The molecule has 0 aliphatic carbocycles. The normalized spacial score (nSPS) is 21.4. The molecule has 1 spiro atoms. The predicted octanol–water partition coefficient (Wildman–Crippen LogP) is 5.12. The third-order valence-electron chi connectivity index (χ3n) is 5.83. The van der Waals surface area contributed by atoms with E-state index in [9.17, 15) is 9.59 Å². The van der Waals surface area contributed by atoms with Gasteiger partial charge in [0.15, 0.2) is 0 Å². The van der Waals surface area contributed by atoms with Crippen molar-refractivity contribution in [2.75, 3.05) is 20.7 Å². The summed E-state index contributed by atoms with van der Waals surface area (Å²) >= 11 is 6.18. The average molecular weight is 493 g/mol. The summed E-state index contributed by atoms with van der Waals surface area (Å²) in [4.78, 5) is 28.3. The van der Waals surface area contributed by atoms with E-state index in [-0.39, 0.29) is 23.2 Å². The van der Waals surface area contributed by atoms with E-state index in [1.54, 1.807) is 0 Å². The first-order valence-electron chi connectivity index (χ1n) is 11.7. The number of hydrogen-bond acceptors (Lipinski definition) is 7. The Labute approximate surface area is 207 Å². The summed E-state index contributed by atoms with van der Waals surface area (Å²) in [5.41, 5.74) is 2.31. The summed E-state index contributed by atoms with van der Waals surface area (Å²) in [7, 11) is 3.38. The van der Waals surface area contributed by atoms with Crippen molar-refractivity contribution >= 4 is 34.9 Å². The number of ether oxygens (including phenoxy) is 3. The highest BCUT2D eigenvalue weighted by atomic mass is 35.5. The second-order valence-corrected chi connectivity index (χ2v) is 9.87. The number of methoxy groups -OCH3 is 1. The second kappa shape index (κ2) is 11.4. The van der Waals surface area contributed by atoms with Crippen LogP contribution in [0.25, 0.3) is 10.9 Å². The highest BCUT2D eigenvalue weighted by Crippen LogP contribution is 2.44. The monoisotopic (exact) mass is 492 g/mol. The maximum absolute atomic E-state index is 12.0. The molecule has 34 heavy (non-hydrogen) atoms. The Morgan fingerprint density at radius 1 is 1.32 bits per heavy atom. The Balaban J connectivity index is 0.000000393. The minimum atomic E-state index is -0.362. The number of halogens is 1. The van der Waals surface area contributed by atoms with Crippen LogP contribution in [-0.4, -0.2) is 60.3 Å². The van der Waals surface area contributed by atoms with Crippen molar-refractivity contribution in [1.29, 1.82) is 0 Å². The molecule has 3 heterocycles. The van der Waals surface area contributed by atoms with Gasteiger partial charge in [-0.3, -0.25) is 14.5 Å². The maximum Gasteiger partial charge on any atom is 0.323 e. The van der Waals surface area contributed by atoms with Gasteiger partial charge in [-0.2, -0.15) is 0 Å². The number of likely N-dealkylation sites (tertiary alicyclic amines) is 1. The van der Waals surface area contributed by atoms with Crippen molar-refractivity contribution in [1.82, 2.24) is 9.88 Å². The highest BCUT2D eigenvalue weighted by Gasteiger charge is 2.49. The fourth-order valence-electron chi connectivity index (χ4n) is 4.36. The van der Waals surface area contributed by atoms with Gasteiger partial charge in [-0.05, 0) is 65.8 Å². The first-order valence-corrected chi connectivity index (χ1v) is 12.0. The number of nitrogens with zero attached hydrogens (tertiary/aromatic N) is 2. The molecule has 2 atom stereocenters. The minimum Gasteiger partial charge on any atom is -0.484 e. The number of hydrogen-bond donors (Lipinski definition) is 0. The summed E-state index contributed by atoms with van der Waals surface area (Å²) in [6.07, 6.45) is 2.39. The van der Waals surface area contributed by atoms with Gasteiger partial charge in [0, 0.05) is 28.9 Å². The molecule has 1 fully saturated rings. The number of carbonyl (C=O) groups excluding carboxylic acids is 2. The lowest BCUT2D eigenvalue weighted by molar-refractivity contribution is -0.145. The zero-order valence-electron chi connectivity index (χ0n) is 21.5. The third-order valence-corrected chi connectivity index (χ3v) is 6.07. The van der Waals surface area contributed by atoms with Gasteiger partial charge in [0.2, 0.25) is 0 Å². The van der Waals surface area contributed by atoms with Crippen LogP contribution in [0, 0.1) is 6.92 Å². The molecule has 0 bridgehead atoms. The summed E-state index contributed by atoms with van der Waals surface area (Å²) in [6.45, 7) is 12.6. The van der Waals surface area contributed by atoms with Crippen LogP contribution in [0.2, 0.25) is 5.02 Å². The Morgan fingerprint density at radius 3 is 2.56 bits per heavy atom. The summed E-state index contributed by atoms with van der Waals surface area (Å²) in [6, 6.07) is 5.52. The molecule has 0 amide bonds. The van der Waals surface area contributed by atoms with Gasteiger partial charge in [0.25, 0.3) is 6.47 Å². The van der Waals surface area contributed by atoms with Crippen LogP contribution in [0.3, 0.4) is 0 Å². The quantitative estimate of drug-likeness (QED) is 0.425. The molecule has 0 radical (unpaired) electrons. The van der Waals surface area contributed by atoms with E-state index >= 15 is 0 Å². The zero-order chi connectivity index (χ0) is 25.7. The smallest absolute Gasteiger partial charge is 0.323 e. The fourth-order valence-corrected chi connectivity index (χ4v) is 4.53. The van der Waals surface area contributed by atoms with Gasteiger partial charge in [0.05, 0.1) is 18.3 Å². The Morgan fingerprint density at radius 2 is 2.00 bits per heavy atom. The van der Waals surface area contributed by atoms with E-state index in [1.807, 2.05) is 71.7 Å². The van der Waals surface area contributed by atoms with Gasteiger partial charge < -0.3 is 14.2 Å². The molecule has 7 nitrogen and oxygen atoms in total. The molecule has 2 aliphatic heterocycles. The predicted molar refractivity (Wildman–Crippen MR) is 134 cm³/mol. The minimum absolute atomic E-state index is 0.200. The molecule has 2 aromatic rings. The van der Waals surface area contributed by atoms with Gasteiger partial charge in [0.1, 0.15) is 23.0 Å². The molecule has 0 saturated carbocycles. The SMILES string of the molecule is CC.CC(C)(C)OC=O.COC(=O)C1CC2(CCc3c(c(C)nc4ccc(Cl)cc34)O2)CN1C. The zero-order valence-corrected chi connectivity index (χ0v) is 22.3. The molecule has 0 N–H and O–H groups in total. The highest BCUT2D eigenvalue weighted by molar-refractivity contribution is 6.31. The molecule has 1 saturated heterocycles. The van der Waals surface area contributed by atoms with Crippen molar-refractivity contribution in [3.8, 4) is 5.75 Å². The van der Waals surface area contributed by atoms with Crippen LogP contribution < -0.4 is 4.74 Å². The van der Waals surface area contributed by atoms with Gasteiger partial charge in [-0.15, -0.1) is 0 Å². The van der Waals surface area contributed by atoms with E-state index < -0.39 is 0 Å². The fraction of sp³-hybridized carbons (Fsp3) is 0.577. The maximum atomic E-state index is 12.0. The average Bonchev–Trinajstić information content (AvgIpc) is 3.10. The number of likely N-dealkylation sites (N-methyl/N-ethyl adjacent to an activating group) is 1. The summed E-state index contributed by atoms with van der Waals surface area (Å²) in [5.74, 6) is 0.647. The number of rotatable bonds is 2. The van der Waals surface area contributed by atoms with Crippen molar-refractivity contribution in [3.63, 3.8) is 0 Å². The van der Waals surface area contributed by atoms with Crippen LogP contribution >= 0.6 is 11.6 Å². The molecule has 1 aromatic heterocycles. The van der Waals surface area contributed by atoms with Crippen LogP contribution in [0.5, 0.6) is 5.75 Å². The Hall–Kier alpha value is -2.38. The number of esters is 1. The van der Waals surface area contributed by atoms with Crippen molar-refractivity contribution < 1.29 is 23.8 Å². The number of aromatic nitrogens is 1. The Kier molecular flexibility index (Phi) is 9.31. The van der Waals surface area contributed by atoms with Crippen LogP contribution in [-0.2, 0) is 25.5 Å². The lowest BCUT2D eigenvalue weighted by Crippen LogP contribution is -2.42. The lowest BCUT2D eigenvalue weighted by atomic mass is 9.87. The van der Waals surface area contributed by atoms with Crippen LogP contribution in [0.15, 0.2) is 18.2 Å². The molecule has 4 rings (SSSR count). The standard InChI is InChI=1S/C19H21ClN2O3.C5H10O2.C2H6/c1-11-17-13(14-8-12(20)4-5-15(14)21-11)6-7-19(25-17)9-16(18(23)24-3)22(2)10-19;1-5(2,3)7-4-6;1-2/h4-5,8,16H,6-7,9-10H2,1-3H3;4H,1-3H3;1-2H3. The largest absolute Gasteiger partial charge is 0.484 e. The topological polar surface area (TPSA) is 78.0 Å². The van der Waals surface area contributed by atoms with Crippen LogP contribution in [0.1, 0.15) is 58.7 Å². The second-order valence-electron chi connectivity index (χ2n) is 9.44. The summed E-state index contributed by atoms with van der Waals surface area (Å²) < 4.78 is 16.0. The summed E-state index contributed by atoms with van der Waals surface area (Å²) in [5, 5.41) is 1.76. The number of fused-ring (bicyclic) bond motifs is 3. The number of aryl methyl sites for hydroxylation is 2. The van der Waals surface area contributed by atoms with Crippen molar-refractivity contribution in [3.05, 3.63) is 34.5 Å². The molecule has 188 valence electrons. The van der Waals surface area contributed by atoms with E-state index in [0.717, 1.165) is 35.2 Å². The molecule has 2 aliphatic rings. The van der Waals surface area contributed by atoms with Crippen LogP contribution in [0.4, 0.5) is 0 Å².